The average molecular weight is 205 g/mol. The lowest BCUT2D eigenvalue weighted by molar-refractivity contribution is 0.756. The van der Waals surface area contributed by atoms with Crippen LogP contribution in [0.5, 0.6) is 0 Å². The Balaban J connectivity index is 2.01. The minimum Gasteiger partial charge on any atom is -0.364 e. The highest BCUT2D eigenvalue weighted by Gasteiger charge is 2.03. The summed E-state index contributed by atoms with van der Waals surface area (Å²) < 4.78 is 3.60. The molecule has 0 amide bonds. The van der Waals surface area contributed by atoms with Crippen LogP contribution in [0.3, 0.4) is 0 Å². The van der Waals surface area contributed by atoms with Gasteiger partial charge in [-0.25, -0.2) is 0 Å². The van der Waals surface area contributed by atoms with Crippen molar-refractivity contribution in [3.63, 3.8) is 0 Å². The van der Waals surface area contributed by atoms with E-state index in [2.05, 4.69) is 15.5 Å². The van der Waals surface area contributed by atoms with Crippen LogP contribution in [0.4, 0.5) is 5.82 Å². The third-order valence-corrected chi connectivity index (χ3v) is 2.29. The summed E-state index contributed by atoms with van der Waals surface area (Å²) in [6, 6.07) is 1.95. The number of hydrogen-bond donors (Lipinski definition) is 1. The summed E-state index contributed by atoms with van der Waals surface area (Å²) in [7, 11) is 3.83. The monoisotopic (exact) mass is 205 g/mol. The molecule has 0 saturated carbocycles. The molecule has 2 heterocycles. The molecule has 0 unspecified atom stereocenters. The number of aromatic nitrogens is 4. The topological polar surface area (TPSA) is 47.7 Å². The van der Waals surface area contributed by atoms with Gasteiger partial charge in [-0.05, 0) is 6.92 Å². The van der Waals surface area contributed by atoms with E-state index in [4.69, 9.17) is 0 Å². The van der Waals surface area contributed by atoms with Crippen molar-refractivity contribution in [1.82, 2.24) is 19.6 Å². The maximum absolute atomic E-state index is 4.28. The highest BCUT2D eigenvalue weighted by atomic mass is 15.3. The van der Waals surface area contributed by atoms with Gasteiger partial charge >= 0.3 is 0 Å². The molecule has 2 aromatic heterocycles. The molecule has 0 spiro atoms. The standard InChI is InChI=1S/C10H15N5/c1-8-9(7-15(3)12-8)6-11-10-4-5-14(2)13-10/h4-5,7H,6H2,1-3H3,(H,11,13). The van der Waals surface area contributed by atoms with Crippen molar-refractivity contribution >= 4 is 5.82 Å². The van der Waals surface area contributed by atoms with Crippen LogP contribution in [0.15, 0.2) is 18.5 Å². The van der Waals surface area contributed by atoms with Gasteiger partial charge in [0, 0.05) is 44.7 Å². The Morgan fingerprint density at radius 2 is 2.07 bits per heavy atom. The van der Waals surface area contributed by atoms with Crippen molar-refractivity contribution in [2.45, 2.75) is 13.5 Å². The molecular formula is C10H15N5. The molecule has 0 aromatic carbocycles. The predicted molar refractivity (Wildman–Crippen MR) is 58.5 cm³/mol. The lowest BCUT2D eigenvalue weighted by Gasteiger charge is -2.00. The molecule has 0 aliphatic carbocycles. The highest BCUT2D eigenvalue weighted by Crippen LogP contribution is 2.08. The Bertz CT molecular complexity index is 454. The van der Waals surface area contributed by atoms with Gasteiger partial charge in [0.2, 0.25) is 0 Å². The van der Waals surface area contributed by atoms with Crippen LogP contribution in [-0.2, 0) is 20.6 Å². The lowest BCUT2D eigenvalue weighted by Crippen LogP contribution is -2.01. The molecule has 1 N–H and O–H groups in total. The third kappa shape index (κ3) is 2.18. The first-order chi connectivity index (χ1) is 7.15. The predicted octanol–water partition coefficient (Wildman–Crippen LogP) is 1.07. The van der Waals surface area contributed by atoms with Crippen LogP contribution in [0.25, 0.3) is 0 Å². The Morgan fingerprint density at radius 3 is 2.60 bits per heavy atom. The fourth-order valence-electron chi connectivity index (χ4n) is 1.52. The Hall–Kier alpha value is -1.78. The van der Waals surface area contributed by atoms with Crippen LogP contribution in [-0.4, -0.2) is 19.6 Å². The molecule has 0 fully saturated rings. The van der Waals surface area contributed by atoms with E-state index in [-0.39, 0.29) is 0 Å². The molecule has 0 bridgehead atoms. The van der Waals surface area contributed by atoms with Crippen molar-refractivity contribution < 1.29 is 0 Å². The van der Waals surface area contributed by atoms with Gasteiger partial charge in [-0.3, -0.25) is 9.36 Å². The minimum absolute atomic E-state index is 0.761. The number of anilines is 1. The third-order valence-electron chi connectivity index (χ3n) is 2.29. The normalized spacial score (nSPS) is 10.6. The summed E-state index contributed by atoms with van der Waals surface area (Å²) in [5, 5.41) is 11.8. The molecule has 2 aromatic rings. The van der Waals surface area contributed by atoms with E-state index in [1.54, 1.807) is 4.68 Å². The Labute approximate surface area is 88.7 Å². The largest absolute Gasteiger partial charge is 0.364 e. The summed E-state index contributed by atoms with van der Waals surface area (Å²) in [6.45, 7) is 2.77. The Morgan fingerprint density at radius 1 is 1.27 bits per heavy atom. The van der Waals surface area contributed by atoms with Gasteiger partial charge in [-0.15, -0.1) is 0 Å². The average Bonchev–Trinajstić information content (AvgIpc) is 2.70. The van der Waals surface area contributed by atoms with Crippen LogP contribution >= 0.6 is 0 Å². The molecular weight excluding hydrogens is 190 g/mol. The van der Waals surface area contributed by atoms with Gasteiger partial charge in [0.05, 0.1) is 5.69 Å². The molecule has 0 saturated heterocycles. The molecule has 0 atom stereocenters. The molecule has 0 radical (unpaired) electrons. The van der Waals surface area contributed by atoms with Crippen LogP contribution in [0.2, 0.25) is 0 Å². The van der Waals surface area contributed by atoms with Crippen molar-refractivity contribution in [3.8, 4) is 0 Å². The smallest absolute Gasteiger partial charge is 0.148 e. The SMILES string of the molecule is Cc1nn(C)cc1CNc1ccn(C)n1. The first kappa shape index (κ1) is 9.76. The van der Waals surface area contributed by atoms with Crippen molar-refractivity contribution in [3.05, 3.63) is 29.7 Å². The summed E-state index contributed by atoms with van der Waals surface area (Å²) in [5.41, 5.74) is 2.25. The number of nitrogens with zero attached hydrogens (tertiary/aromatic N) is 4. The second kappa shape index (κ2) is 3.76. The summed E-state index contributed by atoms with van der Waals surface area (Å²) in [5.74, 6) is 0.890. The van der Waals surface area contributed by atoms with Crippen LogP contribution in [0, 0.1) is 6.92 Å². The number of hydrogen-bond acceptors (Lipinski definition) is 3. The fraction of sp³-hybridized carbons (Fsp3) is 0.400. The van der Waals surface area contributed by atoms with E-state index in [1.165, 1.54) is 5.56 Å². The molecule has 0 aliphatic heterocycles. The second-order valence-electron chi connectivity index (χ2n) is 3.64. The molecule has 15 heavy (non-hydrogen) atoms. The van der Waals surface area contributed by atoms with Gasteiger partial charge < -0.3 is 5.32 Å². The quantitative estimate of drug-likeness (QED) is 0.815. The summed E-state index contributed by atoms with van der Waals surface area (Å²) in [6.07, 6.45) is 3.93. The molecule has 5 heteroatoms. The van der Waals surface area contributed by atoms with Crippen molar-refractivity contribution in [1.29, 1.82) is 0 Å². The van der Waals surface area contributed by atoms with E-state index >= 15 is 0 Å². The highest BCUT2D eigenvalue weighted by molar-refractivity contribution is 5.34. The zero-order valence-electron chi connectivity index (χ0n) is 9.23. The molecule has 80 valence electrons. The van der Waals surface area contributed by atoms with E-state index in [9.17, 15) is 0 Å². The zero-order chi connectivity index (χ0) is 10.8. The van der Waals surface area contributed by atoms with Crippen molar-refractivity contribution in [2.75, 3.05) is 5.32 Å². The van der Waals surface area contributed by atoms with Crippen LogP contribution in [0.1, 0.15) is 11.3 Å². The first-order valence-electron chi connectivity index (χ1n) is 4.88. The fourth-order valence-corrected chi connectivity index (χ4v) is 1.52. The Kier molecular flexibility index (Phi) is 2.45. The van der Waals surface area contributed by atoms with Gasteiger partial charge in [0.1, 0.15) is 5.82 Å². The summed E-state index contributed by atoms with van der Waals surface area (Å²) in [4.78, 5) is 0. The van der Waals surface area contributed by atoms with E-state index in [0.29, 0.717) is 0 Å². The van der Waals surface area contributed by atoms with Gasteiger partial charge in [-0.2, -0.15) is 10.2 Å². The summed E-state index contributed by atoms with van der Waals surface area (Å²) >= 11 is 0. The van der Waals surface area contributed by atoms with E-state index < -0.39 is 0 Å². The lowest BCUT2D eigenvalue weighted by atomic mass is 10.2. The zero-order valence-corrected chi connectivity index (χ0v) is 9.23. The number of aryl methyl sites for hydroxylation is 3. The number of rotatable bonds is 3. The minimum atomic E-state index is 0.761. The maximum atomic E-state index is 4.28. The molecule has 5 nitrogen and oxygen atoms in total. The second-order valence-corrected chi connectivity index (χ2v) is 3.64. The van der Waals surface area contributed by atoms with Gasteiger partial charge in [0.25, 0.3) is 0 Å². The van der Waals surface area contributed by atoms with Crippen molar-refractivity contribution in [2.24, 2.45) is 14.1 Å². The van der Waals surface area contributed by atoms with Gasteiger partial charge in [-0.1, -0.05) is 0 Å². The van der Waals surface area contributed by atoms with Crippen LogP contribution < -0.4 is 5.32 Å². The first-order valence-corrected chi connectivity index (χ1v) is 4.88. The van der Waals surface area contributed by atoms with E-state index in [0.717, 1.165) is 18.1 Å². The van der Waals surface area contributed by atoms with E-state index in [1.807, 2.05) is 44.2 Å². The van der Waals surface area contributed by atoms with Gasteiger partial charge in [0.15, 0.2) is 0 Å². The maximum Gasteiger partial charge on any atom is 0.148 e. The number of nitrogens with one attached hydrogen (secondary N) is 1. The molecule has 0 aliphatic rings. The molecule has 2 rings (SSSR count).